The summed E-state index contributed by atoms with van der Waals surface area (Å²) in [5.74, 6) is -1.30. The summed E-state index contributed by atoms with van der Waals surface area (Å²) in [5, 5.41) is 17.6. The molecule has 5 N–H and O–H groups in total. The molecule has 3 rings (SSSR count). The van der Waals surface area contributed by atoms with Gasteiger partial charge in [-0.15, -0.1) is 0 Å². The lowest BCUT2D eigenvalue weighted by atomic mass is 10.3. The molecule has 0 aliphatic carbocycles. The maximum atomic E-state index is 12.8. The van der Waals surface area contributed by atoms with Crippen LogP contribution in [0.15, 0.2) is 91.0 Å². The van der Waals surface area contributed by atoms with Crippen LogP contribution < -0.4 is 32.3 Å². The van der Waals surface area contributed by atoms with E-state index in [-0.39, 0.29) is 17.4 Å². The van der Waals surface area contributed by atoms with Crippen LogP contribution in [0.5, 0.6) is 0 Å². The summed E-state index contributed by atoms with van der Waals surface area (Å²) in [6, 6.07) is 30.1. The first-order valence-corrected chi connectivity index (χ1v) is 15.7. The number of aliphatic carboxylic acids is 1. The van der Waals surface area contributed by atoms with Gasteiger partial charge in [0.05, 0.1) is 11.8 Å². The molecule has 0 unspecified atom stereocenters. The fourth-order valence-corrected chi connectivity index (χ4v) is 9.50. The molecule has 0 bridgehead atoms. The summed E-state index contributed by atoms with van der Waals surface area (Å²) in [6.45, 7) is -0.470. The van der Waals surface area contributed by atoms with E-state index in [0.717, 1.165) is 0 Å². The maximum Gasteiger partial charge on any atom is 0.322 e. The highest BCUT2D eigenvalue weighted by Gasteiger charge is 2.45. The molecule has 0 saturated heterocycles. The van der Waals surface area contributed by atoms with Crippen molar-refractivity contribution >= 4 is 62.5 Å². The second-order valence-corrected chi connectivity index (χ2v) is 13.8. The second kappa shape index (κ2) is 14.0. The van der Waals surface area contributed by atoms with Crippen LogP contribution in [0.25, 0.3) is 0 Å². The Hall–Kier alpha value is -2.84. The Morgan fingerprint density at radius 3 is 1.69 bits per heavy atom. The summed E-state index contributed by atoms with van der Waals surface area (Å²) in [6.07, 6.45) is 0.478. The molecule has 7 nitrogen and oxygen atoms in total. The summed E-state index contributed by atoms with van der Waals surface area (Å²) >= 11 is 0. The second-order valence-electron chi connectivity index (χ2n) is 7.84. The third-order valence-corrected chi connectivity index (χ3v) is 11.9. The van der Waals surface area contributed by atoms with Gasteiger partial charge in [-0.05, 0) is 36.4 Å². The van der Waals surface area contributed by atoms with Crippen LogP contribution in [0, 0.1) is 0 Å². The lowest BCUT2D eigenvalue weighted by Gasteiger charge is -2.27. The summed E-state index contributed by atoms with van der Waals surface area (Å²) in [5.41, 5.74) is 5.79. The molecular weight excluding hydrogens is 513 g/mol. The maximum absolute atomic E-state index is 12.8. The van der Waals surface area contributed by atoms with Crippen molar-refractivity contribution in [1.82, 2.24) is 10.6 Å². The fraction of sp³-hybridized carbons (Fsp3) is 0.192. The third kappa shape index (κ3) is 7.58. The predicted octanol–water partition coefficient (Wildman–Crippen LogP) is 1.96. The van der Waals surface area contributed by atoms with Crippen molar-refractivity contribution in [2.45, 2.75) is 6.04 Å². The molecule has 0 aliphatic heterocycles. The van der Waals surface area contributed by atoms with Gasteiger partial charge in [0.15, 0.2) is 0 Å². The first-order chi connectivity index (χ1) is 17.4. The summed E-state index contributed by atoms with van der Waals surface area (Å²) in [7, 11) is 0.457. The van der Waals surface area contributed by atoms with Gasteiger partial charge in [-0.1, -0.05) is 76.2 Å². The van der Waals surface area contributed by atoms with Crippen molar-refractivity contribution in [2.24, 2.45) is 5.73 Å². The monoisotopic (exact) mass is 542 g/mol. The molecule has 0 radical (unpaired) electrons. The molecule has 1 atom stereocenters. The summed E-state index contributed by atoms with van der Waals surface area (Å²) in [4.78, 5) is 35.2. The van der Waals surface area contributed by atoms with Crippen molar-refractivity contribution in [3.63, 3.8) is 0 Å². The van der Waals surface area contributed by atoms with Crippen LogP contribution in [0.1, 0.15) is 0 Å². The number of carbonyl (C=O) groups excluding carboxylic acids is 2. The number of carbonyl (C=O) groups is 3. The minimum Gasteiger partial charge on any atom is -0.480 e. The van der Waals surface area contributed by atoms with E-state index in [0.29, 0.717) is 6.29 Å². The average Bonchev–Trinajstić information content (AvgIpc) is 2.91. The van der Waals surface area contributed by atoms with E-state index < -0.39 is 31.7 Å². The molecular formula is C26H29N3O4PS2+. The first-order valence-electron chi connectivity index (χ1n) is 11.2. The van der Waals surface area contributed by atoms with Crippen LogP contribution in [0.4, 0.5) is 0 Å². The lowest BCUT2D eigenvalue weighted by molar-refractivity contribution is -0.138. The molecule has 0 fully saturated rings. The number of amides is 2. The van der Waals surface area contributed by atoms with Gasteiger partial charge in [-0.3, -0.25) is 14.4 Å². The highest BCUT2D eigenvalue weighted by Crippen LogP contribution is 2.54. The van der Waals surface area contributed by atoms with Gasteiger partial charge in [0.2, 0.25) is 11.8 Å². The zero-order valence-electron chi connectivity index (χ0n) is 19.6. The van der Waals surface area contributed by atoms with Gasteiger partial charge in [-0.25, -0.2) is 0 Å². The standard InChI is InChI=1S/C26H28N3O4PS2/c27-23(26(33)28-16-25(31)32)17-35-36-18-24(30)29-19-34(20-10-4-1-5-11-20,21-12-6-2-7-13-21)22-14-8-3-9-15-22/h1-15,23H,16-19,27H2,(H2-,28,29,30,31,32,33)/p+1/t23-/m0/s1. The Balaban J connectivity index is 1.68. The SMILES string of the molecule is N[C@@H](CSSCC(=O)NC[P+](c1ccccc1)(c1ccccc1)c1ccccc1)C(=O)NCC(=O)O. The van der Waals surface area contributed by atoms with E-state index in [1.54, 1.807) is 0 Å². The molecule has 10 heteroatoms. The van der Waals surface area contributed by atoms with Crippen molar-refractivity contribution < 1.29 is 19.5 Å². The Morgan fingerprint density at radius 1 is 0.778 bits per heavy atom. The number of benzene rings is 3. The number of carboxylic acids is 1. The van der Waals surface area contributed by atoms with E-state index in [1.165, 1.54) is 37.5 Å². The van der Waals surface area contributed by atoms with Gasteiger partial charge < -0.3 is 21.5 Å². The Morgan fingerprint density at radius 2 is 1.25 bits per heavy atom. The molecule has 2 amide bonds. The Kier molecular flexibility index (Phi) is 10.8. The third-order valence-electron chi connectivity index (χ3n) is 5.38. The molecule has 3 aromatic carbocycles. The van der Waals surface area contributed by atoms with Gasteiger partial charge in [-0.2, -0.15) is 0 Å². The zero-order chi connectivity index (χ0) is 25.8. The molecule has 0 aliphatic rings. The largest absolute Gasteiger partial charge is 0.480 e. The van der Waals surface area contributed by atoms with E-state index >= 15 is 0 Å². The average molecular weight is 543 g/mol. The molecule has 36 heavy (non-hydrogen) atoms. The Bertz CT molecular complexity index is 1040. The molecule has 0 saturated carbocycles. The Labute approximate surface area is 219 Å². The van der Waals surface area contributed by atoms with Gasteiger partial charge in [0.25, 0.3) is 0 Å². The number of hydrogen-bond donors (Lipinski definition) is 4. The number of carboxylic acid groups (broad SMARTS) is 1. The van der Waals surface area contributed by atoms with Crippen molar-refractivity contribution in [3.05, 3.63) is 91.0 Å². The normalized spacial score (nSPS) is 11.9. The van der Waals surface area contributed by atoms with Gasteiger partial charge >= 0.3 is 5.97 Å². The molecule has 188 valence electrons. The number of nitrogens with one attached hydrogen (secondary N) is 2. The van der Waals surface area contributed by atoms with Crippen LogP contribution in [0.3, 0.4) is 0 Å². The topological polar surface area (TPSA) is 122 Å². The van der Waals surface area contributed by atoms with E-state index in [2.05, 4.69) is 47.0 Å². The lowest BCUT2D eigenvalue weighted by Crippen LogP contribution is -2.43. The fourth-order valence-electron chi connectivity index (χ4n) is 3.61. The quantitative estimate of drug-likeness (QED) is 0.148. The van der Waals surface area contributed by atoms with E-state index in [1.807, 2.05) is 54.6 Å². The van der Waals surface area contributed by atoms with Crippen LogP contribution in [0.2, 0.25) is 0 Å². The smallest absolute Gasteiger partial charge is 0.322 e. The van der Waals surface area contributed by atoms with E-state index in [9.17, 15) is 14.4 Å². The van der Waals surface area contributed by atoms with E-state index in [4.69, 9.17) is 10.8 Å². The molecule has 0 aromatic heterocycles. The van der Waals surface area contributed by atoms with Gasteiger partial charge in [0, 0.05) is 5.75 Å². The molecule has 0 heterocycles. The first kappa shape index (κ1) is 27.7. The van der Waals surface area contributed by atoms with Crippen LogP contribution in [-0.4, -0.2) is 53.3 Å². The number of hydrogen-bond acceptors (Lipinski definition) is 6. The highest BCUT2D eigenvalue weighted by atomic mass is 33.1. The molecule has 3 aromatic rings. The molecule has 0 spiro atoms. The predicted molar refractivity (Wildman–Crippen MR) is 152 cm³/mol. The zero-order valence-corrected chi connectivity index (χ0v) is 22.1. The summed E-state index contributed by atoms with van der Waals surface area (Å²) < 4.78 is 0. The van der Waals surface area contributed by atoms with Crippen molar-refractivity contribution in [3.8, 4) is 0 Å². The number of nitrogens with two attached hydrogens (primary N) is 1. The van der Waals surface area contributed by atoms with Crippen molar-refractivity contribution in [2.75, 3.05) is 24.3 Å². The van der Waals surface area contributed by atoms with Crippen LogP contribution in [-0.2, 0) is 14.4 Å². The van der Waals surface area contributed by atoms with Crippen LogP contribution >= 0.6 is 28.9 Å². The highest BCUT2D eigenvalue weighted by molar-refractivity contribution is 8.76. The minimum atomic E-state index is -2.16. The van der Waals surface area contributed by atoms with Gasteiger partial charge in [0.1, 0.15) is 36.0 Å². The minimum absolute atomic E-state index is 0.108. The van der Waals surface area contributed by atoms with Crippen molar-refractivity contribution in [1.29, 1.82) is 0 Å². The number of rotatable bonds is 13.